The van der Waals surface area contributed by atoms with Crippen molar-refractivity contribution in [1.29, 1.82) is 0 Å². The van der Waals surface area contributed by atoms with Crippen LogP contribution in [0.25, 0.3) is 0 Å². The molecule has 0 unspecified atom stereocenters. The maximum Gasteiger partial charge on any atom is 0.420 e. The molecule has 0 saturated heterocycles. The van der Waals surface area contributed by atoms with E-state index in [2.05, 4.69) is 4.74 Å². The SMILES string of the molecule is COc1c(C=O)cc(C(=O)[O-])cc1C(F)(F)F. The first-order valence-corrected chi connectivity index (χ1v) is 4.27. The predicted molar refractivity (Wildman–Crippen MR) is 47.7 cm³/mol. The van der Waals surface area contributed by atoms with Crippen molar-refractivity contribution in [3.8, 4) is 5.75 Å². The van der Waals surface area contributed by atoms with Gasteiger partial charge in [0.2, 0.25) is 0 Å². The van der Waals surface area contributed by atoms with E-state index in [1.807, 2.05) is 0 Å². The molecule has 0 radical (unpaired) electrons. The summed E-state index contributed by atoms with van der Waals surface area (Å²) < 4.78 is 42.2. The first-order chi connectivity index (χ1) is 7.81. The maximum atomic E-state index is 12.6. The van der Waals surface area contributed by atoms with Crippen LogP contribution in [0.15, 0.2) is 12.1 Å². The lowest BCUT2D eigenvalue weighted by Crippen LogP contribution is -2.23. The molecule has 0 fully saturated rings. The number of rotatable bonds is 3. The van der Waals surface area contributed by atoms with Gasteiger partial charge in [-0.2, -0.15) is 13.2 Å². The summed E-state index contributed by atoms with van der Waals surface area (Å²) in [5.41, 5.74) is -2.56. The third kappa shape index (κ3) is 2.55. The number of carbonyl (C=O) groups is 2. The van der Waals surface area contributed by atoms with E-state index in [0.29, 0.717) is 6.07 Å². The van der Waals surface area contributed by atoms with Gasteiger partial charge in [-0.3, -0.25) is 4.79 Å². The van der Waals surface area contributed by atoms with Crippen LogP contribution in [0.5, 0.6) is 5.75 Å². The highest BCUT2D eigenvalue weighted by molar-refractivity contribution is 5.91. The van der Waals surface area contributed by atoms with Crippen LogP contribution in [0.1, 0.15) is 26.3 Å². The number of aromatic carboxylic acids is 1. The van der Waals surface area contributed by atoms with E-state index in [4.69, 9.17) is 0 Å². The Bertz CT molecular complexity index is 465. The number of carboxylic acid groups (broad SMARTS) is 1. The van der Waals surface area contributed by atoms with E-state index in [1.54, 1.807) is 0 Å². The van der Waals surface area contributed by atoms with Gasteiger partial charge in [0, 0.05) is 0 Å². The van der Waals surface area contributed by atoms with Crippen LogP contribution >= 0.6 is 0 Å². The first kappa shape index (κ1) is 13.0. The standard InChI is InChI=1S/C10H7F3O4/c1-17-8-6(4-14)2-5(9(15)16)3-7(8)10(11,12)13/h2-4H,1H3,(H,15,16)/p-1. The molecule has 7 heteroatoms. The molecule has 0 N–H and O–H groups in total. The average Bonchev–Trinajstić information content (AvgIpc) is 2.25. The lowest BCUT2D eigenvalue weighted by Gasteiger charge is -2.15. The van der Waals surface area contributed by atoms with Crippen LogP contribution in [0, 0.1) is 0 Å². The minimum atomic E-state index is -4.82. The fourth-order valence-electron chi connectivity index (χ4n) is 1.30. The minimum Gasteiger partial charge on any atom is -0.545 e. The van der Waals surface area contributed by atoms with Crippen LogP contribution in [-0.2, 0) is 6.18 Å². The largest absolute Gasteiger partial charge is 0.545 e. The van der Waals surface area contributed by atoms with E-state index in [0.717, 1.165) is 13.2 Å². The molecule has 0 atom stereocenters. The highest BCUT2D eigenvalue weighted by Crippen LogP contribution is 2.38. The van der Waals surface area contributed by atoms with Gasteiger partial charge in [0.05, 0.1) is 24.2 Å². The quantitative estimate of drug-likeness (QED) is 0.744. The number of carboxylic acids is 1. The highest BCUT2D eigenvalue weighted by atomic mass is 19.4. The molecule has 0 amide bonds. The Kier molecular flexibility index (Phi) is 3.40. The zero-order valence-electron chi connectivity index (χ0n) is 8.50. The second kappa shape index (κ2) is 4.44. The summed E-state index contributed by atoms with van der Waals surface area (Å²) in [6, 6.07) is 1.12. The van der Waals surface area contributed by atoms with Crippen LogP contribution in [0.3, 0.4) is 0 Å². The maximum absolute atomic E-state index is 12.6. The summed E-state index contributed by atoms with van der Waals surface area (Å²) in [5.74, 6) is -2.52. The third-order valence-corrected chi connectivity index (χ3v) is 1.99. The summed E-state index contributed by atoms with van der Waals surface area (Å²) in [7, 11) is 0.955. The molecule has 0 bridgehead atoms. The molecule has 1 aromatic carbocycles. The topological polar surface area (TPSA) is 66.4 Å². The molecule has 0 aliphatic rings. The van der Waals surface area contributed by atoms with Crippen molar-refractivity contribution < 1.29 is 32.6 Å². The van der Waals surface area contributed by atoms with E-state index in [9.17, 15) is 27.9 Å². The number of alkyl halides is 3. The van der Waals surface area contributed by atoms with Gasteiger partial charge < -0.3 is 14.6 Å². The molecule has 4 nitrogen and oxygen atoms in total. The first-order valence-electron chi connectivity index (χ1n) is 4.27. The van der Waals surface area contributed by atoms with Crippen molar-refractivity contribution in [1.82, 2.24) is 0 Å². The van der Waals surface area contributed by atoms with E-state index in [-0.39, 0.29) is 6.29 Å². The van der Waals surface area contributed by atoms with Crippen LogP contribution in [-0.4, -0.2) is 19.4 Å². The summed E-state index contributed by atoms with van der Waals surface area (Å²) in [6.45, 7) is 0. The zero-order valence-corrected chi connectivity index (χ0v) is 8.50. The number of halogens is 3. The molecule has 1 rings (SSSR count). The van der Waals surface area contributed by atoms with Crippen LogP contribution in [0.4, 0.5) is 13.2 Å². The van der Waals surface area contributed by atoms with Gasteiger partial charge in [0.25, 0.3) is 0 Å². The van der Waals surface area contributed by atoms with E-state index in [1.165, 1.54) is 0 Å². The van der Waals surface area contributed by atoms with Gasteiger partial charge in [-0.25, -0.2) is 0 Å². The van der Waals surface area contributed by atoms with Gasteiger partial charge in [-0.1, -0.05) is 0 Å². The van der Waals surface area contributed by atoms with Crippen molar-refractivity contribution in [2.24, 2.45) is 0 Å². The molecule has 0 heterocycles. The van der Waals surface area contributed by atoms with Crippen molar-refractivity contribution >= 4 is 12.3 Å². The van der Waals surface area contributed by atoms with Gasteiger partial charge in [-0.15, -0.1) is 0 Å². The Labute approximate surface area is 93.6 Å². The fraction of sp³-hybridized carbons (Fsp3) is 0.200. The molecule has 92 valence electrons. The van der Waals surface area contributed by atoms with Crippen molar-refractivity contribution in [2.75, 3.05) is 7.11 Å². The Morgan fingerprint density at radius 3 is 2.35 bits per heavy atom. The van der Waals surface area contributed by atoms with Gasteiger partial charge in [0.1, 0.15) is 5.75 Å². The average molecular weight is 247 g/mol. The molecule has 17 heavy (non-hydrogen) atoms. The second-order valence-electron chi connectivity index (χ2n) is 3.05. The van der Waals surface area contributed by atoms with Gasteiger partial charge in [-0.05, 0) is 17.7 Å². The number of aldehydes is 1. The predicted octanol–water partition coefficient (Wildman–Crippen LogP) is 0.890. The van der Waals surface area contributed by atoms with E-state index >= 15 is 0 Å². The molecule has 0 aliphatic heterocycles. The van der Waals surface area contributed by atoms with Gasteiger partial charge in [0.15, 0.2) is 6.29 Å². The van der Waals surface area contributed by atoms with Gasteiger partial charge >= 0.3 is 6.18 Å². The number of hydrogen-bond acceptors (Lipinski definition) is 4. The summed E-state index contributed by atoms with van der Waals surface area (Å²) in [6.07, 6.45) is -4.74. The minimum absolute atomic E-state index is 0.0838. The third-order valence-electron chi connectivity index (χ3n) is 1.99. The number of benzene rings is 1. The molecule has 0 aliphatic carbocycles. The van der Waals surface area contributed by atoms with Crippen LogP contribution < -0.4 is 9.84 Å². The number of hydrogen-bond donors (Lipinski definition) is 0. The number of carbonyl (C=O) groups excluding carboxylic acids is 2. The van der Waals surface area contributed by atoms with Crippen molar-refractivity contribution in [2.45, 2.75) is 6.18 Å². The summed E-state index contributed by atoms with van der Waals surface area (Å²) >= 11 is 0. The molecule has 0 saturated carbocycles. The molecule has 0 spiro atoms. The van der Waals surface area contributed by atoms with E-state index < -0.39 is 34.6 Å². The Hall–Kier alpha value is -2.05. The second-order valence-corrected chi connectivity index (χ2v) is 3.05. The Balaban J connectivity index is 3.59. The number of methoxy groups -OCH3 is 1. The molecule has 1 aromatic rings. The zero-order chi connectivity index (χ0) is 13.2. The molecular formula is C10H6F3O4-. The lowest BCUT2D eigenvalue weighted by molar-refractivity contribution is -0.255. The number of ether oxygens (including phenoxy) is 1. The van der Waals surface area contributed by atoms with Crippen molar-refractivity contribution in [3.05, 3.63) is 28.8 Å². The Morgan fingerprint density at radius 1 is 1.41 bits per heavy atom. The smallest absolute Gasteiger partial charge is 0.420 e. The Morgan fingerprint density at radius 2 is 2.00 bits per heavy atom. The lowest BCUT2D eigenvalue weighted by atomic mass is 10.0. The molecule has 0 aromatic heterocycles. The molecular weight excluding hydrogens is 241 g/mol. The van der Waals surface area contributed by atoms with Crippen LogP contribution in [0.2, 0.25) is 0 Å². The highest BCUT2D eigenvalue weighted by Gasteiger charge is 2.36. The monoisotopic (exact) mass is 247 g/mol. The summed E-state index contributed by atoms with van der Waals surface area (Å²) in [5, 5.41) is 10.5. The summed E-state index contributed by atoms with van der Waals surface area (Å²) in [4.78, 5) is 21.1. The fourth-order valence-corrected chi connectivity index (χ4v) is 1.30. The normalized spacial score (nSPS) is 11.1. The van der Waals surface area contributed by atoms with Crippen molar-refractivity contribution in [3.63, 3.8) is 0 Å².